The van der Waals surface area contributed by atoms with Gasteiger partial charge in [0.1, 0.15) is 5.82 Å². The zero-order valence-corrected chi connectivity index (χ0v) is 10.7. The molecule has 0 amide bonds. The highest BCUT2D eigenvalue weighted by molar-refractivity contribution is 5.24. The van der Waals surface area contributed by atoms with Crippen molar-refractivity contribution < 1.29 is 4.39 Å². The second-order valence-electron chi connectivity index (χ2n) is 4.79. The molecule has 1 unspecified atom stereocenters. The number of likely N-dealkylation sites (N-methyl/N-ethyl adjacent to an activating group) is 1. The summed E-state index contributed by atoms with van der Waals surface area (Å²) < 4.78 is 13.8. The Morgan fingerprint density at radius 2 is 2.29 bits per heavy atom. The van der Waals surface area contributed by atoms with Crippen molar-refractivity contribution in [2.45, 2.75) is 32.4 Å². The third-order valence-corrected chi connectivity index (χ3v) is 3.60. The number of aryl methyl sites for hydroxylation is 1. The van der Waals surface area contributed by atoms with Gasteiger partial charge in [-0.25, -0.2) is 4.39 Å². The summed E-state index contributed by atoms with van der Waals surface area (Å²) >= 11 is 0. The van der Waals surface area contributed by atoms with Crippen LogP contribution >= 0.6 is 0 Å². The first-order valence-electron chi connectivity index (χ1n) is 6.40. The van der Waals surface area contributed by atoms with Crippen LogP contribution in [-0.2, 0) is 13.0 Å². The van der Waals surface area contributed by atoms with Crippen LogP contribution in [0.1, 0.15) is 24.5 Å². The Kier molecular flexibility index (Phi) is 4.13. The molecule has 1 aliphatic heterocycles. The predicted octanol–water partition coefficient (Wildman–Crippen LogP) is 2.18. The summed E-state index contributed by atoms with van der Waals surface area (Å²) in [6.45, 7) is 4.85. The van der Waals surface area contributed by atoms with Gasteiger partial charge in [0.15, 0.2) is 0 Å². The molecule has 0 bridgehead atoms. The molecule has 1 fully saturated rings. The second-order valence-corrected chi connectivity index (χ2v) is 4.79. The zero-order valence-electron chi connectivity index (χ0n) is 10.7. The van der Waals surface area contributed by atoms with Crippen molar-refractivity contribution in [2.24, 2.45) is 0 Å². The highest BCUT2D eigenvalue weighted by Crippen LogP contribution is 2.17. The minimum Gasteiger partial charge on any atom is -0.316 e. The first-order chi connectivity index (χ1) is 8.22. The van der Waals surface area contributed by atoms with Crippen LogP contribution in [-0.4, -0.2) is 31.1 Å². The first kappa shape index (κ1) is 12.5. The van der Waals surface area contributed by atoms with E-state index in [1.807, 2.05) is 26.1 Å². The van der Waals surface area contributed by atoms with E-state index in [1.54, 1.807) is 6.07 Å². The fraction of sp³-hybridized carbons (Fsp3) is 0.571. The molecule has 0 aromatic heterocycles. The van der Waals surface area contributed by atoms with Gasteiger partial charge in [-0.1, -0.05) is 19.1 Å². The molecule has 2 rings (SSSR count). The number of hydrogen-bond donors (Lipinski definition) is 1. The van der Waals surface area contributed by atoms with Crippen LogP contribution in [0.25, 0.3) is 0 Å². The number of nitrogens with one attached hydrogen (secondary N) is 1. The van der Waals surface area contributed by atoms with Crippen molar-refractivity contribution in [1.82, 2.24) is 10.2 Å². The Hall–Kier alpha value is -0.930. The van der Waals surface area contributed by atoms with Crippen molar-refractivity contribution in [3.8, 4) is 0 Å². The molecule has 1 N–H and O–H groups in total. The molecular formula is C14H21FN2. The molecular weight excluding hydrogens is 215 g/mol. The van der Waals surface area contributed by atoms with Crippen molar-refractivity contribution in [3.05, 3.63) is 35.1 Å². The number of halogens is 1. The summed E-state index contributed by atoms with van der Waals surface area (Å²) in [6.07, 6.45) is 2.05. The molecule has 1 heterocycles. The predicted molar refractivity (Wildman–Crippen MR) is 68.5 cm³/mol. The van der Waals surface area contributed by atoms with E-state index in [0.717, 1.165) is 43.6 Å². The number of hydrogen-bond acceptors (Lipinski definition) is 2. The molecule has 2 nitrogen and oxygen atoms in total. The molecule has 1 aromatic carbocycles. The fourth-order valence-corrected chi connectivity index (χ4v) is 2.39. The largest absolute Gasteiger partial charge is 0.316 e. The van der Waals surface area contributed by atoms with Gasteiger partial charge in [-0.05, 0) is 31.5 Å². The maximum atomic E-state index is 13.8. The van der Waals surface area contributed by atoms with Gasteiger partial charge < -0.3 is 5.32 Å². The smallest absolute Gasteiger partial charge is 0.127 e. The van der Waals surface area contributed by atoms with E-state index in [9.17, 15) is 4.39 Å². The number of rotatable bonds is 4. The maximum Gasteiger partial charge on any atom is 0.127 e. The molecule has 1 atom stereocenters. The van der Waals surface area contributed by atoms with E-state index in [2.05, 4.69) is 10.2 Å². The molecule has 3 heteroatoms. The third kappa shape index (κ3) is 3.05. The maximum absolute atomic E-state index is 13.8. The minimum absolute atomic E-state index is 0.0581. The summed E-state index contributed by atoms with van der Waals surface area (Å²) in [5.41, 5.74) is 1.89. The summed E-state index contributed by atoms with van der Waals surface area (Å²) in [5, 5.41) is 3.28. The standard InChI is InChI=1S/C14H21FN2/c1-3-11-4-5-12(14(15)8-11)9-17-7-6-13(10-17)16-2/h4-5,8,13,16H,3,6-7,9-10H2,1-2H3. The Morgan fingerprint density at radius 3 is 2.88 bits per heavy atom. The Morgan fingerprint density at radius 1 is 1.47 bits per heavy atom. The lowest BCUT2D eigenvalue weighted by molar-refractivity contribution is 0.317. The molecule has 0 aliphatic carbocycles. The van der Waals surface area contributed by atoms with Gasteiger partial charge in [-0.15, -0.1) is 0 Å². The van der Waals surface area contributed by atoms with Crippen molar-refractivity contribution >= 4 is 0 Å². The Labute approximate surface area is 103 Å². The van der Waals surface area contributed by atoms with Crippen molar-refractivity contribution in [2.75, 3.05) is 20.1 Å². The van der Waals surface area contributed by atoms with Crippen LogP contribution in [0, 0.1) is 5.82 Å². The van der Waals surface area contributed by atoms with Gasteiger partial charge in [0, 0.05) is 31.2 Å². The average Bonchev–Trinajstić information content (AvgIpc) is 2.79. The van der Waals surface area contributed by atoms with E-state index in [4.69, 9.17) is 0 Å². The first-order valence-corrected chi connectivity index (χ1v) is 6.40. The highest BCUT2D eigenvalue weighted by atomic mass is 19.1. The number of likely N-dealkylation sites (tertiary alicyclic amines) is 1. The number of benzene rings is 1. The van der Waals surface area contributed by atoms with Crippen LogP contribution in [0.4, 0.5) is 4.39 Å². The molecule has 0 radical (unpaired) electrons. The molecule has 1 aliphatic rings. The zero-order chi connectivity index (χ0) is 12.3. The minimum atomic E-state index is -0.0581. The Balaban J connectivity index is 1.99. The third-order valence-electron chi connectivity index (χ3n) is 3.60. The van der Waals surface area contributed by atoms with Crippen molar-refractivity contribution in [3.63, 3.8) is 0 Å². The SMILES string of the molecule is CCc1ccc(CN2CCC(NC)C2)c(F)c1. The van der Waals surface area contributed by atoms with Gasteiger partial charge in [0.25, 0.3) is 0 Å². The molecule has 17 heavy (non-hydrogen) atoms. The second kappa shape index (κ2) is 5.61. The van der Waals surface area contributed by atoms with Crippen LogP contribution < -0.4 is 5.32 Å². The van der Waals surface area contributed by atoms with Crippen LogP contribution in [0.15, 0.2) is 18.2 Å². The molecule has 1 saturated heterocycles. The monoisotopic (exact) mass is 236 g/mol. The topological polar surface area (TPSA) is 15.3 Å². The van der Waals surface area contributed by atoms with Crippen LogP contribution in [0.5, 0.6) is 0 Å². The summed E-state index contributed by atoms with van der Waals surface area (Å²) in [4.78, 5) is 2.31. The molecule has 94 valence electrons. The van der Waals surface area contributed by atoms with Crippen LogP contribution in [0.3, 0.4) is 0 Å². The fourth-order valence-electron chi connectivity index (χ4n) is 2.39. The van der Waals surface area contributed by atoms with E-state index >= 15 is 0 Å². The van der Waals surface area contributed by atoms with Crippen molar-refractivity contribution in [1.29, 1.82) is 0 Å². The lowest BCUT2D eigenvalue weighted by atomic mass is 10.1. The van der Waals surface area contributed by atoms with Crippen LogP contribution in [0.2, 0.25) is 0 Å². The van der Waals surface area contributed by atoms with Gasteiger partial charge in [-0.2, -0.15) is 0 Å². The van der Waals surface area contributed by atoms with Gasteiger partial charge >= 0.3 is 0 Å². The lowest BCUT2D eigenvalue weighted by Crippen LogP contribution is -2.29. The lowest BCUT2D eigenvalue weighted by Gasteiger charge is -2.16. The number of nitrogens with zero attached hydrogens (tertiary/aromatic N) is 1. The normalized spacial score (nSPS) is 21.0. The quantitative estimate of drug-likeness (QED) is 0.862. The summed E-state index contributed by atoms with van der Waals surface area (Å²) in [5.74, 6) is -0.0581. The molecule has 0 saturated carbocycles. The van der Waals surface area contributed by atoms with Gasteiger partial charge in [0.2, 0.25) is 0 Å². The van der Waals surface area contributed by atoms with E-state index in [0.29, 0.717) is 6.04 Å². The molecule has 0 spiro atoms. The highest BCUT2D eigenvalue weighted by Gasteiger charge is 2.21. The average molecular weight is 236 g/mol. The summed E-state index contributed by atoms with van der Waals surface area (Å²) in [7, 11) is 1.99. The van der Waals surface area contributed by atoms with E-state index in [-0.39, 0.29) is 5.82 Å². The van der Waals surface area contributed by atoms with E-state index in [1.165, 1.54) is 0 Å². The Bertz CT molecular complexity index is 378. The van der Waals surface area contributed by atoms with Gasteiger partial charge in [0.05, 0.1) is 0 Å². The van der Waals surface area contributed by atoms with E-state index < -0.39 is 0 Å². The summed E-state index contributed by atoms with van der Waals surface area (Å²) in [6, 6.07) is 6.19. The van der Waals surface area contributed by atoms with Gasteiger partial charge in [-0.3, -0.25) is 4.90 Å². The molecule has 1 aromatic rings.